The van der Waals surface area contributed by atoms with Gasteiger partial charge in [0.1, 0.15) is 0 Å². The quantitative estimate of drug-likeness (QED) is 0.466. The summed E-state index contributed by atoms with van der Waals surface area (Å²) in [7, 11) is 0. The van der Waals surface area contributed by atoms with Gasteiger partial charge in [0.25, 0.3) is 0 Å². The molecule has 0 radical (unpaired) electrons. The van der Waals surface area contributed by atoms with Gasteiger partial charge >= 0.3 is 6.68 Å². The largest absolute Gasteiger partial charge is 0.379 e. The zero-order valence-corrected chi connectivity index (χ0v) is 2.71. The number of quaternary nitrogens is 1. The van der Waals surface area contributed by atoms with Crippen molar-refractivity contribution >= 4 is 0 Å². The van der Waals surface area contributed by atoms with Crippen LogP contribution in [0.3, 0.4) is 0 Å². The van der Waals surface area contributed by atoms with Crippen molar-refractivity contribution in [3.05, 3.63) is 0 Å². The molecule has 0 saturated heterocycles. The highest BCUT2D eigenvalue weighted by atomic mass is 19.4. The summed E-state index contributed by atoms with van der Waals surface area (Å²) in [5, 5.41) is 0. The maximum Gasteiger partial charge on any atom is 0.379 e. The lowest BCUT2D eigenvalue weighted by Crippen LogP contribution is -1.65. The van der Waals surface area contributed by atoms with Crippen molar-refractivity contribution in [2.24, 2.45) is 0 Å². The average Bonchev–Trinajstić information content (AvgIpc) is 0.811. The summed E-state index contributed by atoms with van der Waals surface area (Å²) in [6, 6.07) is 0. The van der Waals surface area contributed by atoms with Gasteiger partial charge in [0.15, 0.2) is 0 Å². The van der Waals surface area contributed by atoms with E-state index >= 15 is 0 Å². The summed E-state index contributed by atoms with van der Waals surface area (Å²) in [6.07, 6.45) is 0. The maximum absolute atomic E-state index is 9.67. The Morgan fingerprint density at radius 3 is 1.00 bits per heavy atom. The van der Waals surface area contributed by atoms with Gasteiger partial charge in [0.05, 0.1) is 0 Å². The molecule has 0 saturated carbocycles. The van der Waals surface area contributed by atoms with E-state index in [1.54, 1.807) is 0 Å². The van der Waals surface area contributed by atoms with Gasteiger partial charge < -0.3 is 6.15 Å². The molecule has 0 atom stereocenters. The summed E-state index contributed by atoms with van der Waals surface area (Å²) in [4.78, 5) is 0. The molecule has 0 unspecified atom stereocenters. The molecule has 0 rings (SSSR count). The molecule has 5 heavy (non-hydrogen) atoms. The van der Waals surface area contributed by atoms with Gasteiger partial charge in [-0.05, 0) is 0 Å². The number of hydrogen-bond donors (Lipinski definition) is 1. The van der Waals surface area contributed by atoms with Crippen LogP contribution in [0, 0.1) is 0 Å². The predicted molar refractivity (Wildman–Crippen MR) is 13.1 cm³/mol. The number of rotatable bonds is 0. The maximum atomic E-state index is 9.67. The minimum absolute atomic E-state index is 0. The highest BCUT2D eigenvalue weighted by molar-refractivity contribution is 3.83. The molecule has 0 heterocycles. The molecule has 0 aliphatic rings. The van der Waals surface area contributed by atoms with Crippen LogP contribution in [0.5, 0.6) is 0 Å². The standard InChI is InChI=1S/CHF3.H3N/c2-1(3)4;/h1H;1H3/p+1. The van der Waals surface area contributed by atoms with Crippen LogP contribution >= 0.6 is 0 Å². The van der Waals surface area contributed by atoms with E-state index in [-0.39, 0.29) is 6.15 Å². The van der Waals surface area contributed by atoms with Gasteiger partial charge in [-0.3, -0.25) is 0 Å². The molecule has 4 N–H and O–H groups in total. The van der Waals surface area contributed by atoms with Gasteiger partial charge in [0.2, 0.25) is 0 Å². The summed E-state index contributed by atoms with van der Waals surface area (Å²) in [5.41, 5.74) is 0. The molecule has 1 nitrogen and oxygen atoms in total. The molecule has 0 amide bonds. The molecule has 0 aromatic heterocycles. The minimum atomic E-state index is -3.67. The molecule has 0 fully saturated rings. The van der Waals surface area contributed by atoms with Crippen LogP contribution in [-0.2, 0) is 0 Å². The van der Waals surface area contributed by atoms with E-state index < -0.39 is 6.68 Å². The summed E-state index contributed by atoms with van der Waals surface area (Å²) < 4.78 is 29.0. The predicted octanol–water partition coefficient (Wildman–Crippen LogP) is 1.55. The summed E-state index contributed by atoms with van der Waals surface area (Å²) in [6.45, 7) is -3.67. The molecule has 0 aromatic rings. The van der Waals surface area contributed by atoms with E-state index in [1.807, 2.05) is 0 Å². The fourth-order valence-corrected chi connectivity index (χ4v) is 0. The Bertz CT molecular complexity index is 11.6. The fraction of sp³-hybridized carbons (Fsp3) is 1.00. The molecule has 0 aromatic carbocycles. The highest BCUT2D eigenvalue weighted by Gasteiger charge is 1.86. The van der Waals surface area contributed by atoms with Crippen molar-refractivity contribution in [1.29, 1.82) is 0 Å². The van der Waals surface area contributed by atoms with Crippen LogP contribution in [-0.4, -0.2) is 6.68 Å². The molecule has 34 valence electrons. The van der Waals surface area contributed by atoms with Crippen LogP contribution in [0.1, 0.15) is 0 Å². The lowest BCUT2D eigenvalue weighted by atomic mass is 11.6. The van der Waals surface area contributed by atoms with Gasteiger partial charge in [-0.2, -0.15) is 13.2 Å². The molecule has 0 aliphatic carbocycles. The van der Waals surface area contributed by atoms with E-state index in [0.29, 0.717) is 0 Å². The molecular weight excluding hydrogens is 83.0 g/mol. The van der Waals surface area contributed by atoms with E-state index in [2.05, 4.69) is 0 Å². The van der Waals surface area contributed by atoms with E-state index in [0.717, 1.165) is 0 Å². The second kappa shape index (κ2) is 3.75. The number of alkyl halides is 3. The van der Waals surface area contributed by atoms with Gasteiger partial charge in [-0.15, -0.1) is 0 Å². The third kappa shape index (κ3) is 184. The molecule has 0 spiro atoms. The van der Waals surface area contributed by atoms with Crippen molar-refractivity contribution in [2.75, 3.05) is 0 Å². The Kier molecular flexibility index (Phi) is 6.62. The average molecular weight is 88.1 g/mol. The normalized spacial score (nSPS) is 7.20. The molecule has 0 aliphatic heterocycles. The van der Waals surface area contributed by atoms with Gasteiger partial charge in [-0.1, -0.05) is 0 Å². The fourth-order valence-electron chi connectivity index (χ4n) is 0. The Morgan fingerprint density at radius 1 is 1.00 bits per heavy atom. The second-order valence-electron chi connectivity index (χ2n) is 0.247. The molecule has 4 heteroatoms. The second-order valence-corrected chi connectivity index (χ2v) is 0.247. The zero-order chi connectivity index (χ0) is 3.58. The number of hydrogen-bond acceptors (Lipinski definition) is 0. The number of halogens is 3. The van der Waals surface area contributed by atoms with Crippen molar-refractivity contribution in [2.45, 2.75) is 6.68 Å². The van der Waals surface area contributed by atoms with Crippen molar-refractivity contribution in [3.63, 3.8) is 0 Å². The molecular formula is CH5F3N+. The Balaban J connectivity index is 0. The van der Waals surface area contributed by atoms with Crippen molar-refractivity contribution in [1.82, 2.24) is 6.15 Å². The van der Waals surface area contributed by atoms with Crippen molar-refractivity contribution < 1.29 is 13.2 Å². The lowest BCUT2D eigenvalue weighted by molar-refractivity contribution is 0.00819. The van der Waals surface area contributed by atoms with Crippen molar-refractivity contribution in [3.8, 4) is 0 Å². The Morgan fingerprint density at radius 2 is 1.00 bits per heavy atom. The SMILES string of the molecule is FC(F)F.[NH4+]. The lowest BCUT2D eigenvalue weighted by Gasteiger charge is -1.65. The van der Waals surface area contributed by atoms with E-state index in [1.165, 1.54) is 0 Å². The topological polar surface area (TPSA) is 36.5 Å². The van der Waals surface area contributed by atoms with Crippen LogP contribution < -0.4 is 6.15 Å². The smallest absolute Gasteiger partial charge is 0.369 e. The third-order valence-corrected chi connectivity index (χ3v) is 0. The van der Waals surface area contributed by atoms with E-state index in [4.69, 9.17) is 0 Å². The van der Waals surface area contributed by atoms with Gasteiger partial charge in [-0.25, -0.2) is 0 Å². The van der Waals surface area contributed by atoms with E-state index in [9.17, 15) is 13.2 Å². The zero-order valence-electron chi connectivity index (χ0n) is 2.71. The summed E-state index contributed by atoms with van der Waals surface area (Å²) >= 11 is 0. The first kappa shape index (κ1) is 8.83. The van der Waals surface area contributed by atoms with Crippen LogP contribution in [0.2, 0.25) is 0 Å². The highest BCUT2D eigenvalue weighted by Crippen LogP contribution is 1.87. The first-order valence-corrected chi connectivity index (χ1v) is 0.655. The third-order valence-electron chi connectivity index (χ3n) is 0. The van der Waals surface area contributed by atoms with Crippen LogP contribution in [0.4, 0.5) is 13.2 Å². The first-order valence-electron chi connectivity index (χ1n) is 0.655. The van der Waals surface area contributed by atoms with Crippen LogP contribution in [0.25, 0.3) is 0 Å². The first-order chi connectivity index (χ1) is 1.73. The monoisotopic (exact) mass is 88.0 g/mol. The van der Waals surface area contributed by atoms with Gasteiger partial charge in [0, 0.05) is 0 Å². The molecule has 0 bridgehead atoms. The summed E-state index contributed by atoms with van der Waals surface area (Å²) in [5.74, 6) is 0. The minimum Gasteiger partial charge on any atom is -0.369 e. The van der Waals surface area contributed by atoms with Crippen LogP contribution in [0.15, 0.2) is 0 Å². The Labute approximate surface area is 27.4 Å². The Hall–Kier alpha value is -0.250.